The standard InChI is InChI=1S/C47H96/c1-5-7-9-11-13-15-17-18-19-20-21-22-23-24-25-26-27-28-30-32-35-39-43-47(4)45-41-37-33-36-40-44-46(3)42-38-34-31-29-16-14-12-10-8-6-2/h46-47H,5-45H2,1-4H3. The van der Waals surface area contributed by atoms with Crippen LogP contribution in [0, 0.1) is 11.8 Å². The highest BCUT2D eigenvalue weighted by Crippen LogP contribution is 2.21. The van der Waals surface area contributed by atoms with Crippen molar-refractivity contribution in [3.8, 4) is 0 Å². The maximum Gasteiger partial charge on any atom is -0.0443 e. The maximum atomic E-state index is 2.52. The molecule has 0 aromatic rings. The molecule has 0 aliphatic rings. The summed E-state index contributed by atoms with van der Waals surface area (Å²) in [6, 6.07) is 0. The Labute approximate surface area is 302 Å². The first-order chi connectivity index (χ1) is 23.2. The van der Waals surface area contributed by atoms with Crippen LogP contribution in [0.15, 0.2) is 0 Å². The molecule has 0 spiro atoms. The molecule has 0 aliphatic heterocycles. The van der Waals surface area contributed by atoms with E-state index in [4.69, 9.17) is 0 Å². The van der Waals surface area contributed by atoms with Crippen LogP contribution in [0.3, 0.4) is 0 Å². The second kappa shape index (κ2) is 42.2. The van der Waals surface area contributed by atoms with Crippen molar-refractivity contribution in [3.63, 3.8) is 0 Å². The Morgan fingerprint density at radius 2 is 0.319 bits per heavy atom. The maximum absolute atomic E-state index is 2.52. The first kappa shape index (κ1) is 47.0. The molecule has 0 heteroatoms. The number of hydrogen-bond donors (Lipinski definition) is 0. The van der Waals surface area contributed by atoms with E-state index in [-0.39, 0.29) is 0 Å². The van der Waals surface area contributed by atoms with E-state index in [2.05, 4.69) is 27.7 Å². The molecule has 0 fully saturated rings. The molecule has 0 N–H and O–H groups in total. The second-order valence-electron chi connectivity index (χ2n) is 16.7. The molecule has 0 aromatic heterocycles. The average Bonchev–Trinajstić information content (AvgIpc) is 3.07. The normalized spacial score (nSPS) is 13.0. The molecule has 0 bridgehead atoms. The first-order valence-corrected chi connectivity index (χ1v) is 23.2. The fraction of sp³-hybridized carbons (Fsp3) is 1.00. The molecule has 0 aliphatic carbocycles. The minimum atomic E-state index is 0.959. The van der Waals surface area contributed by atoms with Crippen molar-refractivity contribution in [1.82, 2.24) is 0 Å². The fourth-order valence-electron chi connectivity index (χ4n) is 7.89. The van der Waals surface area contributed by atoms with E-state index < -0.39 is 0 Å². The highest BCUT2D eigenvalue weighted by Gasteiger charge is 2.04. The molecule has 0 heterocycles. The van der Waals surface area contributed by atoms with Crippen LogP contribution in [0.2, 0.25) is 0 Å². The van der Waals surface area contributed by atoms with Crippen molar-refractivity contribution in [2.24, 2.45) is 11.8 Å². The van der Waals surface area contributed by atoms with Gasteiger partial charge >= 0.3 is 0 Å². The largest absolute Gasteiger partial charge is 0.0654 e. The van der Waals surface area contributed by atoms with E-state index in [1.807, 2.05) is 0 Å². The Hall–Kier alpha value is 0. The van der Waals surface area contributed by atoms with Crippen molar-refractivity contribution >= 4 is 0 Å². The second-order valence-corrected chi connectivity index (χ2v) is 16.7. The number of hydrogen-bond acceptors (Lipinski definition) is 0. The van der Waals surface area contributed by atoms with Crippen molar-refractivity contribution in [1.29, 1.82) is 0 Å². The molecule has 284 valence electrons. The van der Waals surface area contributed by atoms with Crippen molar-refractivity contribution in [2.45, 2.75) is 291 Å². The van der Waals surface area contributed by atoms with Crippen LogP contribution in [-0.2, 0) is 0 Å². The summed E-state index contributed by atoms with van der Waals surface area (Å²) < 4.78 is 0. The van der Waals surface area contributed by atoms with E-state index in [1.165, 1.54) is 263 Å². The van der Waals surface area contributed by atoms with Crippen molar-refractivity contribution < 1.29 is 0 Å². The summed E-state index contributed by atoms with van der Waals surface area (Å²) in [5.74, 6) is 1.92. The lowest BCUT2D eigenvalue weighted by Crippen LogP contribution is -1.96. The zero-order valence-electron chi connectivity index (χ0n) is 34.1. The molecule has 0 radical (unpaired) electrons. The van der Waals surface area contributed by atoms with Crippen molar-refractivity contribution in [2.75, 3.05) is 0 Å². The third-order valence-corrected chi connectivity index (χ3v) is 11.5. The summed E-state index contributed by atoms with van der Waals surface area (Å²) >= 11 is 0. The number of unbranched alkanes of at least 4 members (excludes halogenated alkanes) is 34. The molecule has 47 heavy (non-hydrogen) atoms. The van der Waals surface area contributed by atoms with Crippen LogP contribution < -0.4 is 0 Å². The third kappa shape index (κ3) is 42.1. The van der Waals surface area contributed by atoms with Gasteiger partial charge in [0.1, 0.15) is 0 Å². The minimum Gasteiger partial charge on any atom is -0.0654 e. The summed E-state index contributed by atoms with van der Waals surface area (Å²) in [5.41, 5.74) is 0. The lowest BCUT2D eigenvalue weighted by Gasteiger charge is -2.12. The molecule has 2 unspecified atom stereocenters. The van der Waals surface area contributed by atoms with Crippen LogP contribution in [0.4, 0.5) is 0 Å². The molecular weight excluding hydrogens is 565 g/mol. The Bertz CT molecular complexity index is 522. The highest BCUT2D eigenvalue weighted by molar-refractivity contribution is 4.59. The number of rotatable bonds is 42. The van der Waals surface area contributed by atoms with Gasteiger partial charge in [-0.05, 0) is 11.8 Å². The van der Waals surface area contributed by atoms with Gasteiger partial charge < -0.3 is 0 Å². The van der Waals surface area contributed by atoms with Crippen LogP contribution in [0.1, 0.15) is 291 Å². The molecule has 0 amide bonds. The molecule has 2 atom stereocenters. The summed E-state index contributed by atoms with van der Waals surface area (Å²) in [7, 11) is 0. The predicted molar refractivity (Wildman–Crippen MR) is 219 cm³/mol. The lowest BCUT2D eigenvalue weighted by atomic mass is 9.94. The monoisotopic (exact) mass is 661 g/mol. The molecule has 0 aromatic carbocycles. The molecule has 0 nitrogen and oxygen atoms in total. The lowest BCUT2D eigenvalue weighted by molar-refractivity contribution is 0.416. The summed E-state index contributed by atoms with van der Waals surface area (Å²) in [6.45, 7) is 9.66. The smallest absolute Gasteiger partial charge is 0.0443 e. The Kier molecular flexibility index (Phi) is 42.2. The van der Waals surface area contributed by atoms with Gasteiger partial charge in [0.25, 0.3) is 0 Å². The highest BCUT2D eigenvalue weighted by atomic mass is 14.1. The quantitative estimate of drug-likeness (QED) is 0.0572. The van der Waals surface area contributed by atoms with Crippen LogP contribution >= 0.6 is 0 Å². The van der Waals surface area contributed by atoms with Gasteiger partial charge in [-0.15, -0.1) is 0 Å². The van der Waals surface area contributed by atoms with Gasteiger partial charge in [0.15, 0.2) is 0 Å². The Morgan fingerprint density at radius 3 is 0.468 bits per heavy atom. The van der Waals surface area contributed by atoms with Gasteiger partial charge in [0.05, 0.1) is 0 Å². The summed E-state index contributed by atoms with van der Waals surface area (Å²) in [5, 5.41) is 0. The average molecular weight is 661 g/mol. The third-order valence-electron chi connectivity index (χ3n) is 11.5. The van der Waals surface area contributed by atoms with Crippen LogP contribution in [0.5, 0.6) is 0 Å². The van der Waals surface area contributed by atoms with Gasteiger partial charge in [-0.3, -0.25) is 0 Å². The van der Waals surface area contributed by atoms with Gasteiger partial charge in [-0.2, -0.15) is 0 Å². The van der Waals surface area contributed by atoms with Gasteiger partial charge in [0.2, 0.25) is 0 Å². The Balaban J connectivity index is 3.21. The van der Waals surface area contributed by atoms with Gasteiger partial charge in [-0.25, -0.2) is 0 Å². The van der Waals surface area contributed by atoms with E-state index in [1.54, 1.807) is 0 Å². The summed E-state index contributed by atoms with van der Waals surface area (Å²) in [4.78, 5) is 0. The molecule has 0 saturated heterocycles. The topological polar surface area (TPSA) is 0 Å². The first-order valence-electron chi connectivity index (χ1n) is 23.2. The molecular formula is C47H96. The summed E-state index contributed by atoms with van der Waals surface area (Å²) in [6.07, 6.45) is 60.6. The Morgan fingerprint density at radius 1 is 0.191 bits per heavy atom. The zero-order chi connectivity index (χ0) is 34.1. The van der Waals surface area contributed by atoms with E-state index >= 15 is 0 Å². The van der Waals surface area contributed by atoms with E-state index in [9.17, 15) is 0 Å². The van der Waals surface area contributed by atoms with Gasteiger partial charge in [0, 0.05) is 0 Å². The SMILES string of the molecule is CCCCCCCCCCCCCCCCCCCCCCCCC(C)CCCCCCCC(C)CCCCCCCCCCCC. The fourth-order valence-corrected chi connectivity index (χ4v) is 7.89. The van der Waals surface area contributed by atoms with Crippen LogP contribution in [0.25, 0.3) is 0 Å². The predicted octanol–water partition coefficient (Wildman–Crippen LogP) is 18.3. The van der Waals surface area contributed by atoms with Crippen molar-refractivity contribution in [3.05, 3.63) is 0 Å². The van der Waals surface area contributed by atoms with E-state index in [0.29, 0.717) is 0 Å². The molecule has 0 rings (SSSR count). The minimum absolute atomic E-state index is 0.959. The molecule has 0 saturated carbocycles. The zero-order valence-corrected chi connectivity index (χ0v) is 34.1. The van der Waals surface area contributed by atoms with Crippen LogP contribution in [-0.4, -0.2) is 0 Å². The van der Waals surface area contributed by atoms with E-state index in [0.717, 1.165) is 11.8 Å². The van der Waals surface area contributed by atoms with Gasteiger partial charge in [-0.1, -0.05) is 291 Å².